The van der Waals surface area contributed by atoms with Gasteiger partial charge in [-0.25, -0.2) is 9.37 Å². The van der Waals surface area contributed by atoms with E-state index in [4.69, 9.17) is 11.6 Å². The molecule has 1 aromatic carbocycles. The maximum absolute atomic E-state index is 12.8. The predicted molar refractivity (Wildman–Crippen MR) is 56.2 cm³/mol. The lowest BCUT2D eigenvalue weighted by Gasteiger charge is -1.98. The van der Waals surface area contributed by atoms with Crippen molar-refractivity contribution >= 4 is 11.6 Å². The van der Waals surface area contributed by atoms with E-state index >= 15 is 0 Å². The summed E-state index contributed by atoms with van der Waals surface area (Å²) in [5, 5.41) is 7.10. The van der Waals surface area contributed by atoms with Crippen molar-refractivity contribution in [2.75, 3.05) is 0 Å². The number of hydrogen-bond acceptors (Lipinski definition) is 2. The summed E-state index contributed by atoms with van der Waals surface area (Å²) in [4.78, 5) is 4.22. The molecule has 0 saturated heterocycles. The van der Waals surface area contributed by atoms with E-state index in [9.17, 15) is 4.39 Å². The summed E-state index contributed by atoms with van der Waals surface area (Å²) in [5.41, 5.74) is 0.633. The Bertz CT molecular complexity index is 481. The van der Waals surface area contributed by atoms with E-state index < -0.39 is 0 Å². The predicted octanol–water partition coefficient (Wildman–Crippen LogP) is 2.83. The van der Waals surface area contributed by atoms with E-state index in [1.165, 1.54) is 12.1 Å². The highest BCUT2D eigenvalue weighted by Gasteiger charge is 2.09. The number of halogens is 2. The molecule has 3 nitrogen and oxygen atoms in total. The van der Waals surface area contributed by atoms with E-state index in [1.807, 2.05) is 6.92 Å². The molecule has 1 N–H and O–H groups in total. The molecule has 0 amide bonds. The number of rotatable bonds is 2. The van der Waals surface area contributed by atoms with Gasteiger partial charge < -0.3 is 0 Å². The molecule has 0 unspecified atom stereocenters. The highest BCUT2D eigenvalue weighted by Crippen LogP contribution is 2.25. The summed E-state index contributed by atoms with van der Waals surface area (Å²) in [5.74, 6) is 0.914. The Labute approximate surface area is 91.3 Å². The van der Waals surface area contributed by atoms with Crippen LogP contribution in [0.2, 0.25) is 5.02 Å². The largest absolute Gasteiger partial charge is 0.263 e. The standard InChI is InChI=1S/C10H9ClFN3/c1-2-9-13-10(15-14-9)7-4-3-6(12)5-8(7)11/h3-5H,2H2,1H3,(H,13,14,15). The lowest BCUT2D eigenvalue weighted by atomic mass is 10.2. The smallest absolute Gasteiger partial charge is 0.182 e. The first kappa shape index (κ1) is 10.1. The van der Waals surface area contributed by atoms with Crippen LogP contribution in [0, 0.1) is 5.82 Å². The normalized spacial score (nSPS) is 10.6. The average molecular weight is 226 g/mol. The van der Waals surface area contributed by atoms with Gasteiger partial charge in [-0.05, 0) is 18.2 Å². The molecule has 0 bridgehead atoms. The Kier molecular flexibility index (Phi) is 2.68. The van der Waals surface area contributed by atoms with Gasteiger partial charge in [-0.3, -0.25) is 5.10 Å². The molecule has 0 aliphatic rings. The van der Waals surface area contributed by atoms with Gasteiger partial charge in [-0.2, -0.15) is 5.10 Å². The molecule has 78 valence electrons. The molecular formula is C10H9ClFN3. The Balaban J connectivity index is 2.44. The van der Waals surface area contributed by atoms with Gasteiger partial charge in [0.2, 0.25) is 0 Å². The van der Waals surface area contributed by atoms with Gasteiger partial charge in [-0.15, -0.1) is 0 Å². The van der Waals surface area contributed by atoms with Crippen LogP contribution < -0.4 is 0 Å². The van der Waals surface area contributed by atoms with Crippen molar-refractivity contribution in [3.05, 3.63) is 34.9 Å². The maximum atomic E-state index is 12.8. The fourth-order valence-corrected chi connectivity index (χ4v) is 1.50. The molecule has 15 heavy (non-hydrogen) atoms. The first-order valence-electron chi connectivity index (χ1n) is 4.57. The molecule has 0 radical (unpaired) electrons. The van der Waals surface area contributed by atoms with Crippen molar-refractivity contribution in [2.24, 2.45) is 0 Å². The first-order chi connectivity index (χ1) is 7.20. The van der Waals surface area contributed by atoms with Crippen LogP contribution in [0.1, 0.15) is 12.7 Å². The molecule has 0 atom stereocenters. The van der Waals surface area contributed by atoms with Crippen LogP contribution in [0.5, 0.6) is 0 Å². The van der Waals surface area contributed by atoms with E-state index in [1.54, 1.807) is 6.07 Å². The summed E-state index contributed by atoms with van der Waals surface area (Å²) in [7, 11) is 0. The fourth-order valence-electron chi connectivity index (χ4n) is 1.24. The van der Waals surface area contributed by atoms with Crippen molar-refractivity contribution in [1.82, 2.24) is 15.2 Å². The molecule has 5 heteroatoms. The van der Waals surface area contributed by atoms with Crippen LogP contribution in [0.25, 0.3) is 11.4 Å². The average Bonchev–Trinajstić information content (AvgIpc) is 2.66. The number of aromatic amines is 1. The van der Waals surface area contributed by atoms with Crippen molar-refractivity contribution in [2.45, 2.75) is 13.3 Å². The zero-order chi connectivity index (χ0) is 10.8. The van der Waals surface area contributed by atoms with Crippen LogP contribution in [-0.2, 0) is 6.42 Å². The van der Waals surface area contributed by atoms with E-state index in [-0.39, 0.29) is 5.82 Å². The van der Waals surface area contributed by atoms with Gasteiger partial charge in [0.15, 0.2) is 5.82 Å². The Hall–Kier alpha value is -1.42. The second-order valence-electron chi connectivity index (χ2n) is 3.08. The fraction of sp³-hybridized carbons (Fsp3) is 0.200. The minimum absolute atomic E-state index is 0.316. The Morgan fingerprint density at radius 3 is 2.87 bits per heavy atom. The number of benzene rings is 1. The minimum atomic E-state index is -0.366. The monoisotopic (exact) mass is 225 g/mol. The van der Waals surface area contributed by atoms with Gasteiger partial charge >= 0.3 is 0 Å². The molecular weight excluding hydrogens is 217 g/mol. The third-order valence-electron chi connectivity index (χ3n) is 2.04. The number of nitrogens with one attached hydrogen (secondary N) is 1. The molecule has 1 aromatic heterocycles. The lowest BCUT2D eigenvalue weighted by Crippen LogP contribution is -1.85. The van der Waals surface area contributed by atoms with Crippen LogP contribution >= 0.6 is 11.6 Å². The molecule has 0 spiro atoms. The molecule has 0 fully saturated rings. The van der Waals surface area contributed by atoms with Crippen LogP contribution in [-0.4, -0.2) is 15.2 Å². The van der Waals surface area contributed by atoms with Crippen LogP contribution in [0.4, 0.5) is 4.39 Å². The SMILES string of the molecule is CCc1nc(-c2ccc(F)cc2Cl)n[nH]1. The highest BCUT2D eigenvalue weighted by molar-refractivity contribution is 6.33. The minimum Gasteiger partial charge on any atom is -0.263 e. The zero-order valence-electron chi connectivity index (χ0n) is 8.09. The first-order valence-corrected chi connectivity index (χ1v) is 4.95. The molecule has 0 aliphatic carbocycles. The van der Waals surface area contributed by atoms with Gasteiger partial charge in [0.05, 0.1) is 5.02 Å². The Morgan fingerprint density at radius 2 is 2.27 bits per heavy atom. The summed E-state index contributed by atoms with van der Waals surface area (Å²) in [6, 6.07) is 4.16. The van der Waals surface area contributed by atoms with Gasteiger partial charge in [0.25, 0.3) is 0 Å². The molecule has 0 aliphatic heterocycles. The van der Waals surface area contributed by atoms with Crippen LogP contribution in [0.3, 0.4) is 0 Å². The molecule has 2 rings (SSSR count). The quantitative estimate of drug-likeness (QED) is 0.854. The number of aryl methyl sites for hydroxylation is 1. The molecule has 1 heterocycles. The van der Waals surface area contributed by atoms with Crippen molar-refractivity contribution in [3.8, 4) is 11.4 Å². The van der Waals surface area contributed by atoms with Crippen LogP contribution in [0.15, 0.2) is 18.2 Å². The molecule has 2 aromatic rings. The van der Waals surface area contributed by atoms with E-state index in [2.05, 4.69) is 15.2 Å². The summed E-state index contributed by atoms with van der Waals surface area (Å²) >= 11 is 5.88. The van der Waals surface area contributed by atoms with E-state index in [0.717, 1.165) is 12.2 Å². The number of hydrogen-bond donors (Lipinski definition) is 1. The topological polar surface area (TPSA) is 41.6 Å². The molecule has 0 saturated carbocycles. The lowest BCUT2D eigenvalue weighted by molar-refractivity contribution is 0.628. The number of aromatic nitrogens is 3. The Morgan fingerprint density at radius 1 is 1.47 bits per heavy atom. The highest BCUT2D eigenvalue weighted by atomic mass is 35.5. The summed E-state index contributed by atoms with van der Waals surface area (Å²) in [6.45, 7) is 1.97. The summed E-state index contributed by atoms with van der Waals surface area (Å²) in [6.07, 6.45) is 0.770. The zero-order valence-corrected chi connectivity index (χ0v) is 8.85. The van der Waals surface area contributed by atoms with Crippen molar-refractivity contribution in [3.63, 3.8) is 0 Å². The van der Waals surface area contributed by atoms with Gasteiger partial charge in [0.1, 0.15) is 11.6 Å². The third kappa shape index (κ3) is 1.99. The second kappa shape index (κ2) is 3.98. The van der Waals surface area contributed by atoms with Gasteiger partial charge in [-0.1, -0.05) is 18.5 Å². The van der Waals surface area contributed by atoms with Gasteiger partial charge in [0, 0.05) is 12.0 Å². The van der Waals surface area contributed by atoms with Crippen molar-refractivity contribution in [1.29, 1.82) is 0 Å². The third-order valence-corrected chi connectivity index (χ3v) is 2.35. The van der Waals surface area contributed by atoms with Crippen molar-refractivity contribution < 1.29 is 4.39 Å². The number of nitrogens with zero attached hydrogens (tertiary/aromatic N) is 2. The summed E-state index contributed by atoms with van der Waals surface area (Å²) < 4.78 is 12.8. The maximum Gasteiger partial charge on any atom is 0.182 e. The van der Waals surface area contributed by atoms with E-state index in [0.29, 0.717) is 16.4 Å². The second-order valence-corrected chi connectivity index (χ2v) is 3.49. The number of H-pyrrole nitrogens is 1.